The highest BCUT2D eigenvalue weighted by Gasteiger charge is 2.48. The first kappa shape index (κ1) is 48.6. The third-order valence-electron chi connectivity index (χ3n) is 9.48. The molecule has 13 heteroatoms. The van der Waals surface area contributed by atoms with Crippen molar-refractivity contribution in [2.24, 2.45) is 0 Å². The van der Waals surface area contributed by atoms with Gasteiger partial charge < -0.3 is 35.2 Å². The summed E-state index contributed by atoms with van der Waals surface area (Å²) in [7, 11) is -5.08. The largest absolute Gasteiger partial charge is 0.397 e. The second-order valence-corrected chi connectivity index (χ2v) is 15.3. The summed E-state index contributed by atoms with van der Waals surface area (Å²) in [6.07, 6.45) is 23.8. The molecule has 0 bridgehead atoms. The fourth-order valence-electron chi connectivity index (χ4n) is 6.27. The highest BCUT2D eigenvalue weighted by molar-refractivity contribution is 7.80. The Morgan fingerprint density at radius 3 is 1.73 bits per heavy atom. The summed E-state index contributed by atoms with van der Waals surface area (Å²) >= 11 is 0. The number of allylic oxidation sites excluding steroid dienone is 3. The molecule has 0 spiro atoms. The van der Waals surface area contributed by atoms with E-state index in [4.69, 9.17) is 14.0 Å². The lowest BCUT2D eigenvalue weighted by molar-refractivity contribution is -0.298. The number of hydrogen-bond acceptors (Lipinski definition) is 10. The highest BCUT2D eigenvalue weighted by Crippen LogP contribution is 2.26. The molecule has 306 valence electrons. The Labute approximate surface area is 314 Å². The molecule has 12 nitrogen and oxygen atoms in total. The lowest BCUT2D eigenvalue weighted by Crippen LogP contribution is -2.61. The highest BCUT2D eigenvalue weighted by atomic mass is 32.3. The van der Waals surface area contributed by atoms with Gasteiger partial charge in [-0.25, -0.2) is 4.18 Å². The van der Waals surface area contributed by atoms with E-state index in [0.29, 0.717) is 6.42 Å². The van der Waals surface area contributed by atoms with E-state index >= 15 is 0 Å². The lowest BCUT2D eigenvalue weighted by Gasteiger charge is -2.41. The monoisotopic (exact) mass is 763 g/mol. The standard InChI is InChI=1S/C39H73NO11S/c1-3-5-7-9-11-13-14-15-16-17-18-19-21-23-25-27-29-35(43)40-32(33(42)28-26-24-22-20-12-10-8-6-4-2)31-49-39-37(45)38(51-52(46,47)48)36(44)34(30-41)50-39/h16-17,26,28,32-34,36-39,41-42,44-45H,3-15,18-25,27,29-31H2,1-2H3,(H,40,43)(H,46,47,48)/b17-16-,28-26+. The molecule has 0 radical (unpaired) electrons. The van der Waals surface area contributed by atoms with Crippen LogP contribution >= 0.6 is 0 Å². The molecule has 1 heterocycles. The predicted octanol–water partition coefficient (Wildman–Crippen LogP) is 6.60. The molecule has 0 saturated carbocycles. The van der Waals surface area contributed by atoms with Crippen molar-refractivity contribution in [2.45, 2.75) is 204 Å². The fourth-order valence-corrected chi connectivity index (χ4v) is 6.78. The first-order chi connectivity index (χ1) is 25.0. The van der Waals surface area contributed by atoms with Crippen LogP contribution in [0.15, 0.2) is 24.3 Å². The average molecular weight is 764 g/mol. The van der Waals surface area contributed by atoms with Crippen LogP contribution < -0.4 is 5.32 Å². The molecule has 1 fully saturated rings. The molecule has 1 rings (SSSR count). The van der Waals surface area contributed by atoms with E-state index in [9.17, 15) is 33.6 Å². The van der Waals surface area contributed by atoms with E-state index in [1.54, 1.807) is 6.08 Å². The molecule has 0 aromatic heterocycles. The number of unbranched alkanes of at least 4 members (excludes halogenated alkanes) is 19. The minimum atomic E-state index is -5.08. The first-order valence-electron chi connectivity index (χ1n) is 20.2. The van der Waals surface area contributed by atoms with Crippen molar-refractivity contribution in [1.82, 2.24) is 5.32 Å². The van der Waals surface area contributed by atoms with Gasteiger partial charge in [0.15, 0.2) is 6.29 Å². The minimum absolute atomic E-state index is 0.259. The molecule has 1 aliphatic rings. The minimum Gasteiger partial charge on any atom is -0.394 e. The number of hydrogen-bond donors (Lipinski definition) is 6. The average Bonchev–Trinajstić information content (AvgIpc) is 3.11. The van der Waals surface area contributed by atoms with Crippen molar-refractivity contribution in [3.05, 3.63) is 24.3 Å². The third kappa shape index (κ3) is 24.1. The Hall–Kier alpha value is -1.42. The third-order valence-corrected chi connectivity index (χ3v) is 9.94. The van der Waals surface area contributed by atoms with Crippen LogP contribution in [0.1, 0.15) is 162 Å². The Morgan fingerprint density at radius 1 is 0.750 bits per heavy atom. The molecule has 0 aromatic rings. The number of carbonyl (C=O) groups is 1. The van der Waals surface area contributed by atoms with Crippen LogP contribution in [0.5, 0.6) is 0 Å². The first-order valence-corrected chi connectivity index (χ1v) is 21.6. The van der Waals surface area contributed by atoms with E-state index in [-0.39, 0.29) is 18.9 Å². The zero-order chi connectivity index (χ0) is 38.5. The van der Waals surface area contributed by atoms with Crippen LogP contribution in [0.25, 0.3) is 0 Å². The van der Waals surface area contributed by atoms with Gasteiger partial charge >= 0.3 is 10.4 Å². The maximum absolute atomic E-state index is 12.9. The van der Waals surface area contributed by atoms with Crippen LogP contribution in [-0.2, 0) is 28.9 Å². The molecule has 52 heavy (non-hydrogen) atoms. The van der Waals surface area contributed by atoms with E-state index < -0.39 is 59.9 Å². The second-order valence-electron chi connectivity index (χ2n) is 14.2. The number of amides is 1. The predicted molar refractivity (Wildman–Crippen MR) is 204 cm³/mol. The topological polar surface area (TPSA) is 192 Å². The normalized spacial score (nSPS) is 22.3. The zero-order valence-electron chi connectivity index (χ0n) is 32.1. The Balaban J connectivity index is 2.57. The Kier molecular flexibility index (Phi) is 28.8. The van der Waals surface area contributed by atoms with E-state index in [1.165, 1.54) is 70.6 Å². The lowest BCUT2D eigenvalue weighted by atomic mass is 9.99. The zero-order valence-corrected chi connectivity index (χ0v) is 32.9. The molecular formula is C39H73NO11S. The van der Waals surface area contributed by atoms with Crippen molar-refractivity contribution >= 4 is 16.3 Å². The van der Waals surface area contributed by atoms with E-state index in [2.05, 4.69) is 35.5 Å². The van der Waals surface area contributed by atoms with Gasteiger partial charge in [0.1, 0.15) is 24.4 Å². The summed E-state index contributed by atoms with van der Waals surface area (Å²) in [5, 5.41) is 44.4. The molecule has 1 amide bonds. The number of aliphatic hydroxyl groups is 4. The van der Waals surface area contributed by atoms with Crippen molar-refractivity contribution in [3.8, 4) is 0 Å². The number of rotatable bonds is 33. The smallest absolute Gasteiger partial charge is 0.394 e. The summed E-state index contributed by atoms with van der Waals surface area (Å²) in [5.41, 5.74) is 0. The molecule has 7 unspecified atom stereocenters. The molecule has 1 saturated heterocycles. The van der Waals surface area contributed by atoms with Crippen molar-refractivity contribution in [3.63, 3.8) is 0 Å². The van der Waals surface area contributed by atoms with Crippen LogP contribution in [0.3, 0.4) is 0 Å². The van der Waals surface area contributed by atoms with Gasteiger partial charge in [-0.05, 0) is 44.9 Å². The molecular weight excluding hydrogens is 690 g/mol. The summed E-state index contributed by atoms with van der Waals surface area (Å²) in [6.45, 7) is 3.31. The summed E-state index contributed by atoms with van der Waals surface area (Å²) in [6, 6.07) is -0.943. The molecule has 0 aromatic carbocycles. The van der Waals surface area contributed by atoms with Crippen LogP contribution in [0.2, 0.25) is 0 Å². The van der Waals surface area contributed by atoms with Crippen molar-refractivity contribution < 1.29 is 51.8 Å². The maximum atomic E-state index is 12.9. The van der Waals surface area contributed by atoms with Crippen LogP contribution in [0, 0.1) is 0 Å². The number of nitrogens with one attached hydrogen (secondary N) is 1. The van der Waals surface area contributed by atoms with Crippen LogP contribution in [0.4, 0.5) is 0 Å². The SMILES string of the molecule is CCCCCCCCC/C=C\CCCCCCCC(=O)NC(COC1OC(CO)C(O)C(OS(=O)(=O)O)C1O)C(O)/C=C/CCCCCCCCC. The van der Waals surface area contributed by atoms with Gasteiger partial charge in [-0.1, -0.05) is 134 Å². The van der Waals surface area contributed by atoms with E-state index in [0.717, 1.165) is 64.2 Å². The van der Waals surface area contributed by atoms with Gasteiger partial charge in [0.05, 0.1) is 25.4 Å². The summed E-state index contributed by atoms with van der Waals surface area (Å²) in [5.74, 6) is -0.275. The molecule has 1 aliphatic heterocycles. The Bertz CT molecular complexity index is 1040. The molecule has 6 N–H and O–H groups in total. The van der Waals surface area contributed by atoms with Gasteiger partial charge in [-0.3, -0.25) is 9.35 Å². The maximum Gasteiger partial charge on any atom is 0.397 e. The quantitative estimate of drug-likeness (QED) is 0.0240. The molecule has 0 aliphatic carbocycles. The Morgan fingerprint density at radius 2 is 1.23 bits per heavy atom. The number of aliphatic hydroxyl groups excluding tert-OH is 4. The van der Waals surface area contributed by atoms with Gasteiger partial charge in [0, 0.05) is 6.42 Å². The van der Waals surface area contributed by atoms with Gasteiger partial charge in [-0.15, -0.1) is 0 Å². The van der Waals surface area contributed by atoms with Gasteiger partial charge in [-0.2, -0.15) is 8.42 Å². The fraction of sp³-hybridized carbons (Fsp3) is 0.872. The number of ether oxygens (including phenoxy) is 2. The summed E-state index contributed by atoms with van der Waals surface area (Å²) in [4.78, 5) is 12.9. The van der Waals surface area contributed by atoms with Gasteiger partial charge in [0.25, 0.3) is 0 Å². The number of carbonyl (C=O) groups excluding carboxylic acids is 1. The van der Waals surface area contributed by atoms with Crippen molar-refractivity contribution in [1.29, 1.82) is 0 Å². The van der Waals surface area contributed by atoms with Gasteiger partial charge in [0.2, 0.25) is 5.91 Å². The second kappa shape index (κ2) is 30.9. The van der Waals surface area contributed by atoms with E-state index in [1.807, 2.05) is 6.08 Å². The van der Waals surface area contributed by atoms with Crippen LogP contribution in [-0.4, -0.2) is 95.4 Å². The van der Waals surface area contributed by atoms with Crippen molar-refractivity contribution in [2.75, 3.05) is 13.2 Å². The molecule has 7 atom stereocenters. The summed E-state index contributed by atoms with van der Waals surface area (Å²) < 4.78 is 47.3.